The van der Waals surface area contributed by atoms with Crippen molar-refractivity contribution in [3.63, 3.8) is 0 Å². The fraction of sp³-hybridized carbons (Fsp3) is 0.409. The maximum absolute atomic E-state index is 13.1. The van der Waals surface area contributed by atoms with Crippen LogP contribution in [0.5, 0.6) is 5.75 Å². The van der Waals surface area contributed by atoms with Crippen LogP contribution in [0.1, 0.15) is 9.67 Å². The second-order valence-corrected chi connectivity index (χ2v) is 9.52. The highest BCUT2D eigenvalue weighted by Gasteiger charge is 2.28. The molecule has 0 aliphatic carbocycles. The summed E-state index contributed by atoms with van der Waals surface area (Å²) in [5, 5.41) is 4.89. The SMILES string of the molecule is CN(CC(F)F)[C@H](CNC(=O)c1ccc(Cl)s1)C(=O)Nc1ccc(N2CCOCC2=O)cc1OC(F)F. The van der Waals surface area contributed by atoms with Gasteiger partial charge in [0.2, 0.25) is 5.91 Å². The number of thiophene rings is 1. The van der Waals surface area contributed by atoms with Crippen LogP contribution in [0.3, 0.4) is 0 Å². The third-order valence-electron chi connectivity index (χ3n) is 5.25. The van der Waals surface area contributed by atoms with Crippen LogP contribution in [0.15, 0.2) is 30.3 Å². The van der Waals surface area contributed by atoms with Crippen LogP contribution in [0.4, 0.5) is 28.9 Å². The molecule has 2 aromatic rings. The lowest BCUT2D eigenvalue weighted by atomic mass is 10.2. The van der Waals surface area contributed by atoms with E-state index >= 15 is 0 Å². The van der Waals surface area contributed by atoms with Gasteiger partial charge in [0.1, 0.15) is 12.6 Å². The summed E-state index contributed by atoms with van der Waals surface area (Å²) in [6, 6.07) is 5.50. The van der Waals surface area contributed by atoms with Gasteiger partial charge in [0, 0.05) is 24.8 Å². The number of carbonyl (C=O) groups excluding carboxylic acids is 3. The van der Waals surface area contributed by atoms with Crippen molar-refractivity contribution >= 4 is 52.0 Å². The zero-order valence-electron chi connectivity index (χ0n) is 19.4. The molecule has 1 aromatic heterocycles. The molecule has 3 rings (SSSR count). The van der Waals surface area contributed by atoms with Crippen LogP contribution in [0, 0.1) is 0 Å². The van der Waals surface area contributed by atoms with Gasteiger partial charge in [-0.3, -0.25) is 19.3 Å². The first-order valence-corrected chi connectivity index (χ1v) is 12.0. The van der Waals surface area contributed by atoms with Crippen molar-refractivity contribution in [3.8, 4) is 5.75 Å². The van der Waals surface area contributed by atoms with Crippen molar-refractivity contribution in [1.29, 1.82) is 0 Å². The highest BCUT2D eigenvalue weighted by Crippen LogP contribution is 2.32. The van der Waals surface area contributed by atoms with E-state index in [2.05, 4.69) is 15.4 Å². The lowest BCUT2D eigenvalue weighted by Crippen LogP contribution is -2.50. The lowest BCUT2D eigenvalue weighted by molar-refractivity contribution is -0.125. The van der Waals surface area contributed by atoms with Crippen LogP contribution in [-0.2, 0) is 14.3 Å². The summed E-state index contributed by atoms with van der Waals surface area (Å²) < 4.78 is 62.3. The zero-order valence-corrected chi connectivity index (χ0v) is 21.0. The molecule has 15 heteroatoms. The first-order valence-electron chi connectivity index (χ1n) is 10.8. The Balaban J connectivity index is 1.80. The minimum Gasteiger partial charge on any atom is -0.433 e. The Kier molecular flexibility index (Phi) is 10.1. The van der Waals surface area contributed by atoms with Gasteiger partial charge in [0.25, 0.3) is 18.2 Å². The van der Waals surface area contributed by atoms with Gasteiger partial charge in [-0.2, -0.15) is 8.78 Å². The Morgan fingerprint density at radius 3 is 2.62 bits per heavy atom. The third-order valence-corrected chi connectivity index (χ3v) is 6.48. The Hall–Kier alpha value is -2.94. The number of likely N-dealkylation sites (N-methyl/N-ethyl adjacent to an activating group) is 1. The van der Waals surface area contributed by atoms with E-state index in [4.69, 9.17) is 16.3 Å². The second-order valence-electron chi connectivity index (χ2n) is 7.81. The van der Waals surface area contributed by atoms with Gasteiger partial charge in [0.15, 0.2) is 5.75 Å². The van der Waals surface area contributed by atoms with Crippen LogP contribution >= 0.6 is 22.9 Å². The molecule has 3 amide bonds. The first kappa shape index (κ1) is 28.6. The maximum Gasteiger partial charge on any atom is 0.387 e. The third kappa shape index (κ3) is 8.02. The second kappa shape index (κ2) is 13.0. The minimum atomic E-state index is -3.25. The van der Waals surface area contributed by atoms with Gasteiger partial charge in [-0.05, 0) is 31.3 Å². The Labute approximate surface area is 218 Å². The van der Waals surface area contributed by atoms with Crippen molar-refractivity contribution in [2.45, 2.75) is 19.1 Å². The lowest BCUT2D eigenvalue weighted by Gasteiger charge is -2.29. The fourth-order valence-electron chi connectivity index (χ4n) is 3.49. The molecule has 1 aliphatic rings. The molecule has 0 bridgehead atoms. The van der Waals surface area contributed by atoms with Crippen molar-refractivity contribution in [1.82, 2.24) is 10.2 Å². The molecule has 1 fully saturated rings. The van der Waals surface area contributed by atoms with Crippen molar-refractivity contribution < 1.29 is 41.4 Å². The standard InChI is InChI=1S/C22H23ClF4N4O5S/c1-30(10-18(24)25)14(9-28-21(34)16-4-5-17(23)37-16)20(33)29-13-3-2-12(8-15(13)36-22(26)27)31-6-7-35-11-19(31)32/h2-5,8,14,18,22H,6-7,9-11H2,1H3,(H,28,34)(H,29,33)/t14-/m1/s1. The van der Waals surface area contributed by atoms with Gasteiger partial charge < -0.3 is 25.0 Å². The number of alkyl halides is 4. The molecule has 202 valence electrons. The minimum absolute atomic E-state index is 0.176. The molecule has 2 heterocycles. The summed E-state index contributed by atoms with van der Waals surface area (Å²) in [5.41, 5.74) is 0.0664. The number of nitrogens with one attached hydrogen (secondary N) is 2. The van der Waals surface area contributed by atoms with E-state index in [1.807, 2.05) is 0 Å². The van der Waals surface area contributed by atoms with Crippen LogP contribution in [0.25, 0.3) is 0 Å². The molecule has 9 nitrogen and oxygen atoms in total. The number of morpholine rings is 1. The van der Waals surface area contributed by atoms with Crippen molar-refractivity contribution in [2.75, 3.05) is 50.1 Å². The summed E-state index contributed by atoms with van der Waals surface area (Å²) in [5.74, 6) is -2.25. The molecule has 0 saturated carbocycles. The predicted molar refractivity (Wildman–Crippen MR) is 129 cm³/mol. The number of hydrogen-bond acceptors (Lipinski definition) is 7. The van der Waals surface area contributed by atoms with Crippen LogP contribution < -0.4 is 20.3 Å². The number of carbonyl (C=O) groups is 3. The fourth-order valence-corrected chi connectivity index (χ4v) is 4.45. The van der Waals surface area contributed by atoms with Gasteiger partial charge in [-0.25, -0.2) is 8.78 Å². The highest BCUT2D eigenvalue weighted by molar-refractivity contribution is 7.18. The van der Waals surface area contributed by atoms with E-state index in [9.17, 15) is 31.9 Å². The Bertz CT molecular complexity index is 1120. The van der Waals surface area contributed by atoms with Gasteiger partial charge in [-0.15, -0.1) is 11.3 Å². The average molecular weight is 567 g/mol. The van der Waals surface area contributed by atoms with Gasteiger partial charge in [-0.1, -0.05) is 11.6 Å². The van der Waals surface area contributed by atoms with E-state index in [1.54, 1.807) is 0 Å². The Morgan fingerprint density at radius 1 is 1.24 bits per heavy atom. The normalized spacial score (nSPS) is 14.8. The van der Waals surface area contributed by atoms with Gasteiger partial charge >= 0.3 is 6.61 Å². The molecule has 0 unspecified atom stereocenters. The zero-order chi connectivity index (χ0) is 27.1. The number of benzene rings is 1. The summed E-state index contributed by atoms with van der Waals surface area (Å²) in [4.78, 5) is 40.2. The molecule has 37 heavy (non-hydrogen) atoms. The topological polar surface area (TPSA) is 100 Å². The molecular weight excluding hydrogens is 544 g/mol. The van der Waals surface area contributed by atoms with E-state index < -0.39 is 43.2 Å². The van der Waals surface area contributed by atoms with Gasteiger partial charge in [0.05, 0.1) is 28.1 Å². The number of ether oxygens (including phenoxy) is 2. The summed E-state index contributed by atoms with van der Waals surface area (Å²) >= 11 is 6.82. The number of amides is 3. The number of rotatable bonds is 11. The largest absolute Gasteiger partial charge is 0.433 e. The maximum atomic E-state index is 13.1. The smallest absolute Gasteiger partial charge is 0.387 e. The summed E-state index contributed by atoms with van der Waals surface area (Å²) in [6.45, 7) is -4.15. The number of anilines is 2. The van der Waals surface area contributed by atoms with E-state index in [0.717, 1.165) is 22.3 Å². The predicted octanol–water partition coefficient (Wildman–Crippen LogP) is 3.30. The van der Waals surface area contributed by atoms with Crippen LogP contribution in [0.2, 0.25) is 4.34 Å². The molecule has 1 aromatic carbocycles. The number of halogens is 5. The molecule has 2 N–H and O–H groups in total. The summed E-state index contributed by atoms with van der Waals surface area (Å²) in [6.07, 6.45) is -2.78. The molecule has 0 spiro atoms. The van der Waals surface area contributed by atoms with Crippen molar-refractivity contribution in [2.24, 2.45) is 0 Å². The molecule has 1 aliphatic heterocycles. The quantitative estimate of drug-likeness (QED) is 0.405. The summed E-state index contributed by atoms with van der Waals surface area (Å²) in [7, 11) is 1.26. The number of nitrogens with zero attached hydrogens (tertiary/aromatic N) is 2. The monoisotopic (exact) mass is 566 g/mol. The first-order chi connectivity index (χ1) is 17.5. The Morgan fingerprint density at radius 2 is 2.00 bits per heavy atom. The number of hydrogen-bond donors (Lipinski definition) is 2. The average Bonchev–Trinajstić information content (AvgIpc) is 3.26. The molecular formula is C22H23ClF4N4O5S. The van der Waals surface area contributed by atoms with E-state index in [1.165, 1.54) is 36.2 Å². The highest BCUT2D eigenvalue weighted by atomic mass is 35.5. The van der Waals surface area contributed by atoms with Crippen molar-refractivity contribution in [3.05, 3.63) is 39.5 Å². The molecule has 1 atom stereocenters. The van der Waals surface area contributed by atoms with E-state index in [0.29, 0.717) is 4.34 Å². The van der Waals surface area contributed by atoms with Crippen LogP contribution in [-0.4, -0.2) is 81.6 Å². The molecule has 0 radical (unpaired) electrons. The van der Waals surface area contributed by atoms with E-state index in [-0.39, 0.29) is 48.5 Å². The molecule has 1 saturated heterocycles.